The standard InChI is InChI=1S/C9H16N4O10/c1-8(2)6(22-12(17)18)5(21-11(15)16)7(23-13(19)20)9(3,4)10(8)14/h5-7,14H,1-4H3. The van der Waals surface area contributed by atoms with Crippen molar-refractivity contribution in [3.63, 3.8) is 0 Å². The maximum absolute atomic E-state index is 10.7. The van der Waals surface area contributed by atoms with E-state index in [-0.39, 0.29) is 0 Å². The molecule has 14 nitrogen and oxygen atoms in total. The quantitative estimate of drug-likeness (QED) is 0.506. The van der Waals surface area contributed by atoms with Gasteiger partial charge in [-0.1, -0.05) is 0 Å². The van der Waals surface area contributed by atoms with Crippen LogP contribution in [0.3, 0.4) is 0 Å². The van der Waals surface area contributed by atoms with Crippen LogP contribution < -0.4 is 0 Å². The fraction of sp³-hybridized carbons (Fsp3) is 1.00. The highest BCUT2D eigenvalue weighted by atomic mass is 17.0. The van der Waals surface area contributed by atoms with Gasteiger partial charge in [-0.05, 0) is 27.7 Å². The van der Waals surface area contributed by atoms with Crippen molar-refractivity contribution in [2.75, 3.05) is 0 Å². The van der Waals surface area contributed by atoms with Crippen LogP contribution in [0.4, 0.5) is 0 Å². The van der Waals surface area contributed by atoms with Crippen LogP contribution in [0.25, 0.3) is 0 Å². The predicted octanol–water partition coefficient (Wildman–Crippen LogP) is -0.0209. The van der Waals surface area contributed by atoms with E-state index in [9.17, 15) is 35.6 Å². The molecule has 0 bridgehead atoms. The molecule has 0 aromatic heterocycles. The molecule has 0 radical (unpaired) electrons. The van der Waals surface area contributed by atoms with Crippen LogP contribution in [0.5, 0.6) is 0 Å². The molecule has 132 valence electrons. The first-order chi connectivity index (χ1) is 10.3. The van der Waals surface area contributed by atoms with E-state index in [2.05, 4.69) is 14.5 Å². The second-order valence-electron chi connectivity index (χ2n) is 5.91. The summed E-state index contributed by atoms with van der Waals surface area (Å²) in [7, 11) is 0. The van der Waals surface area contributed by atoms with Crippen LogP contribution in [0.1, 0.15) is 27.7 Å². The maximum atomic E-state index is 10.7. The predicted molar refractivity (Wildman–Crippen MR) is 67.4 cm³/mol. The van der Waals surface area contributed by atoms with Crippen LogP contribution in [-0.4, -0.2) is 54.9 Å². The van der Waals surface area contributed by atoms with E-state index in [1.807, 2.05) is 0 Å². The molecule has 0 amide bonds. The fourth-order valence-corrected chi connectivity index (χ4v) is 2.72. The Morgan fingerprint density at radius 1 is 0.826 bits per heavy atom. The number of piperidine rings is 1. The lowest BCUT2D eigenvalue weighted by atomic mass is 9.76. The number of hydrogen-bond donors (Lipinski definition) is 1. The molecule has 0 aromatic carbocycles. The average Bonchev–Trinajstić information content (AvgIpc) is 2.36. The summed E-state index contributed by atoms with van der Waals surface area (Å²) < 4.78 is 0. The molecule has 0 saturated carbocycles. The summed E-state index contributed by atoms with van der Waals surface area (Å²) in [5, 5.41) is 39.1. The number of rotatable bonds is 6. The summed E-state index contributed by atoms with van der Waals surface area (Å²) in [4.78, 5) is 45.2. The first-order valence-electron chi connectivity index (χ1n) is 6.24. The van der Waals surface area contributed by atoms with Gasteiger partial charge in [0.2, 0.25) is 0 Å². The summed E-state index contributed by atoms with van der Waals surface area (Å²) in [6.45, 7) is 5.17. The van der Waals surface area contributed by atoms with Gasteiger partial charge in [-0.2, -0.15) is 5.06 Å². The number of nitrogens with zero attached hydrogens (tertiary/aromatic N) is 4. The summed E-state index contributed by atoms with van der Waals surface area (Å²) in [5.41, 5.74) is -3.12. The minimum atomic E-state index is -1.84. The summed E-state index contributed by atoms with van der Waals surface area (Å²) in [6, 6.07) is 0. The van der Waals surface area contributed by atoms with Crippen molar-refractivity contribution in [2.24, 2.45) is 0 Å². The smallest absolute Gasteiger partial charge is 0.294 e. The van der Waals surface area contributed by atoms with Crippen LogP contribution in [0, 0.1) is 30.3 Å². The highest BCUT2D eigenvalue weighted by molar-refractivity contribution is 5.08. The minimum Gasteiger partial charge on any atom is -0.313 e. The van der Waals surface area contributed by atoms with Gasteiger partial charge in [0.15, 0.2) is 18.3 Å². The molecule has 1 saturated heterocycles. The number of hydrogen-bond acceptors (Lipinski definition) is 11. The fourth-order valence-electron chi connectivity index (χ4n) is 2.72. The third-order valence-electron chi connectivity index (χ3n) is 3.69. The van der Waals surface area contributed by atoms with Crippen molar-refractivity contribution in [1.82, 2.24) is 5.06 Å². The molecule has 1 heterocycles. The van der Waals surface area contributed by atoms with Gasteiger partial charge in [0, 0.05) is 0 Å². The summed E-state index contributed by atoms with van der Waals surface area (Å²) in [5.74, 6) is 0. The Morgan fingerprint density at radius 2 is 1.13 bits per heavy atom. The Hall–Kier alpha value is -2.48. The van der Waals surface area contributed by atoms with Gasteiger partial charge < -0.3 is 19.7 Å². The largest absolute Gasteiger partial charge is 0.313 e. The molecular weight excluding hydrogens is 324 g/mol. The maximum Gasteiger partial charge on any atom is 0.294 e. The average molecular weight is 340 g/mol. The van der Waals surface area contributed by atoms with Gasteiger partial charge in [-0.15, -0.1) is 30.3 Å². The van der Waals surface area contributed by atoms with Crippen molar-refractivity contribution in [2.45, 2.75) is 57.1 Å². The van der Waals surface area contributed by atoms with E-state index in [4.69, 9.17) is 0 Å². The molecule has 1 rings (SSSR count). The topological polar surface area (TPSA) is 181 Å². The molecule has 0 aromatic rings. The Kier molecular flexibility index (Phi) is 4.81. The first kappa shape index (κ1) is 18.6. The lowest BCUT2D eigenvalue weighted by Gasteiger charge is -2.56. The molecular formula is C9H16N4O10. The zero-order chi connectivity index (χ0) is 18.2. The monoisotopic (exact) mass is 340 g/mol. The molecule has 14 heteroatoms. The first-order valence-corrected chi connectivity index (χ1v) is 6.24. The molecule has 2 unspecified atom stereocenters. The van der Waals surface area contributed by atoms with E-state index >= 15 is 0 Å². The van der Waals surface area contributed by atoms with Gasteiger partial charge >= 0.3 is 0 Å². The Morgan fingerprint density at radius 3 is 1.39 bits per heavy atom. The van der Waals surface area contributed by atoms with Crippen LogP contribution in [0.15, 0.2) is 0 Å². The lowest BCUT2D eigenvalue weighted by molar-refractivity contribution is -0.824. The van der Waals surface area contributed by atoms with Crippen molar-refractivity contribution >= 4 is 0 Å². The van der Waals surface area contributed by atoms with Gasteiger partial charge in [0.25, 0.3) is 15.3 Å². The summed E-state index contributed by atoms with van der Waals surface area (Å²) in [6.07, 6.45) is -5.33. The molecule has 0 spiro atoms. The number of hydroxylamine groups is 2. The van der Waals surface area contributed by atoms with Crippen molar-refractivity contribution in [3.8, 4) is 0 Å². The van der Waals surface area contributed by atoms with Crippen molar-refractivity contribution in [3.05, 3.63) is 30.3 Å². The molecule has 2 atom stereocenters. The third kappa shape index (κ3) is 3.48. The van der Waals surface area contributed by atoms with Gasteiger partial charge in [-0.3, -0.25) is 0 Å². The summed E-state index contributed by atoms with van der Waals surface area (Å²) >= 11 is 0. The molecule has 0 aliphatic carbocycles. The Labute approximate surface area is 128 Å². The molecule has 1 fully saturated rings. The highest BCUT2D eigenvalue weighted by Gasteiger charge is 2.62. The van der Waals surface area contributed by atoms with E-state index in [0.717, 1.165) is 0 Å². The molecule has 1 aliphatic rings. The SMILES string of the molecule is CC1(C)C(O[N+](=O)[O-])C(O[N+](=O)[O-])C(O[N+](=O)[O-])C(C)(C)N1O. The zero-order valence-corrected chi connectivity index (χ0v) is 12.6. The Balaban J connectivity index is 3.41. The van der Waals surface area contributed by atoms with Crippen molar-refractivity contribution < 1.29 is 35.0 Å². The van der Waals surface area contributed by atoms with Crippen LogP contribution in [0.2, 0.25) is 0 Å². The van der Waals surface area contributed by atoms with Crippen LogP contribution >= 0.6 is 0 Å². The van der Waals surface area contributed by atoms with Gasteiger partial charge in [-0.25, -0.2) is 0 Å². The molecule has 1 aliphatic heterocycles. The normalized spacial score (nSPS) is 29.3. The molecule has 23 heavy (non-hydrogen) atoms. The second kappa shape index (κ2) is 5.96. The van der Waals surface area contributed by atoms with E-state index in [1.165, 1.54) is 27.7 Å². The molecule has 1 N–H and O–H groups in total. The highest BCUT2D eigenvalue weighted by Crippen LogP contribution is 2.41. The van der Waals surface area contributed by atoms with Crippen molar-refractivity contribution in [1.29, 1.82) is 0 Å². The second-order valence-corrected chi connectivity index (χ2v) is 5.91. The van der Waals surface area contributed by atoms with Crippen LogP contribution in [-0.2, 0) is 14.5 Å². The van der Waals surface area contributed by atoms with E-state index in [1.54, 1.807) is 0 Å². The zero-order valence-electron chi connectivity index (χ0n) is 12.6. The minimum absolute atomic E-state index is 0.558. The van der Waals surface area contributed by atoms with E-state index < -0.39 is 44.6 Å². The van der Waals surface area contributed by atoms with E-state index in [0.29, 0.717) is 5.06 Å². The third-order valence-corrected chi connectivity index (χ3v) is 3.69. The van der Waals surface area contributed by atoms with Gasteiger partial charge in [0.05, 0.1) is 11.1 Å². The van der Waals surface area contributed by atoms with Gasteiger partial charge in [0.1, 0.15) is 0 Å². The lowest BCUT2D eigenvalue weighted by Crippen LogP contribution is -2.76. The Bertz CT molecular complexity index is 473.